The number of ether oxygens (including phenoxy) is 1. The Balaban J connectivity index is 2.97. The summed E-state index contributed by atoms with van der Waals surface area (Å²) in [5, 5.41) is 9.58. The van der Waals surface area contributed by atoms with Crippen LogP contribution in [-0.2, 0) is 0 Å². The maximum absolute atomic E-state index is 8.60. The monoisotopic (exact) mass is 258 g/mol. The van der Waals surface area contributed by atoms with E-state index in [0.29, 0.717) is 34.4 Å². The summed E-state index contributed by atoms with van der Waals surface area (Å²) in [4.78, 5) is 0. The number of hydrogen-bond acceptors (Lipinski definition) is 2. The first-order chi connectivity index (χ1) is 7.69. The van der Waals surface area contributed by atoms with Crippen LogP contribution in [-0.4, -0.2) is 18.3 Å². The SMILES string of the molecule is CCOc1cc(Cl)c(C#CCCO)cc1Cl. The largest absolute Gasteiger partial charge is 0.492 e. The molecular formula is C12H12Cl2O2. The maximum atomic E-state index is 8.60. The Morgan fingerprint density at radius 1 is 1.31 bits per heavy atom. The predicted octanol–water partition coefficient (Wildman–Crippen LogP) is 3.13. The van der Waals surface area contributed by atoms with E-state index in [0.717, 1.165) is 0 Å². The van der Waals surface area contributed by atoms with Crippen molar-refractivity contribution in [2.45, 2.75) is 13.3 Å². The second kappa shape index (κ2) is 6.65. The average molecular weight is 259 g/mol. The third-order valence-electron chi connectivity index (χ3n) is 1.78. The van der Waals surface area contributed by atoms with Crippen molar-refractivity contribution in [3.63, 3.8) is 0 Å². The van der Waals surface area contributed by atoms with E-state index >= 15 is 0 Å². The van der Waals surface area contributed by atoms with Gasteiger partial charge in [-0.15, -0.1) is 0 Å². The van der Waals surface area contributed by atoms with Crippen molar-refractivity contribution in [2.75, 3.05) is 13.2 Å². The van der Waals surface area contributed by atoms with Gasteiger partial charge in [0.2, 0.25) is 0 Å². The molecule has 0 aliphatic carbocycles. The van der Waals surface area contributed by atoms with Crippen LogP contribution in [0.2, 0.25) is 10.0 Å². The first kappa shape index (κ1) is 13.2. The van der Waals surface area contributed by atoms with Gasteiger partial charge in [-0.1, -0.05) is 35.0 Å². The van der Waals surface area contributed by atoms with Gasteiger partial charge in [-0.25, -0.2) is 0 Å². The Morgan fingerprint density at radius 2 is 2.06 bits per heavy atom. The van der Waals surface area contributed by atoms with Crippen molar-refractivity contribution >= 4 is 23.2 Å². The number of aliphatic hydroxyl groups excluding tert-OH is 1. The molecule has 1 aromatic carbocycles. The summed E-state index contributed by atoms with van der Waals surface area (Å²) in [5.41, 5.74) is 0.642. The summed E-state index contributed by atoms with van der Waals surface area (Å²) in [7, 11) is 0. The van der Waals surface area contributed by atoms with Crippen molar-refractivity contribution in [1.82, 2.24) is 0 Å². The van der Waals surface area contributed by atoms with Gasteiger partial charge < -0.3 is 9.84 Å². The highest BCUT2D eigenvalue weighted by molar-refractivity contribution is 6.35. The molecule has 2 nitrogen and oxygen atoms in total. The Labute approximate surface area is 105 Å². The molecule has 0 fully saturated rings. The number of hydrogen-bond donors (Lipinski definition) is 1. The molecule has 86 valence electrons. The van der Waals surface area contributed by atoms with E-state index in [1.807, 2.05) is 6.92 Å². The van der Waals surface area contributed by atoms with Crippen LogP contribution >= 0.6 is 23.2 Å². The van der Waals surface area contributed by atoms with Crippen LogP contribution in [0.1, 0.15) is 18.9 Å². The molecule has 0 spiro atoms. The maximum Gasteiger partial charge on any atom is 0.139 e. The summed E-state index contributed by atoms with van der Waals surface area (Å²) in [6.07, 6.45) is 0.418. The average Bonchev–Trinajstić information content (AvgIpc) is 2.25. The van der Waals surface area contributed by atoms with Crippen molar-refractivity contribution in [3.05, 3.63) is 27.7 Å². The lowest BCUT2D eigenvalue weighted by atomic mass is 10.2. The zero-order chi connectivity index (χ0) is 12.0. The number of aliphatic hydroxyl groups is 1. The number of benzene rings is 1. The predicted molar refractivity (Wildman–Crippen MR) is 66.2 cm³/mol. The lowest BCUT2D eigenvalue weighted by molar-refractivity contribution is 0.305. The van der Waals surface area contributed by atoms with Gasteiger partial charge in [0.15, 0.2) is 0 Å². The fraction of sp³-hybridized carbons (Fsp3) is 0.333. The minimum atomic E-state index is 0.0371. The van der Waals surface area contributed by atoms with Crippen LogP contribution in [0, 0.1) is 11.8 Å². The molecular weight excluding hydrogens is 247 g/mol. The van der Waals surface area contributed by atoms with Gasteiger partial charge in [-0.2, -0.15) is 0 Å². The van der Waals surface area contributed by atoms with E-state index in [2.05, 4.69) is 11.8 Å². The fourth-order valence-corrected chi connectivity index (χ4v) is 1.52. The van der Waals surface area contributed by atoms with Crippen molar-refractivity contribution in [1.29, 1.82) is 0 Å². The van der Waals surface area contributed by atoms with E-state index < -0.39 is 0 Å². The van der Waals surface area contributed by atoms with Crippen molar-refractivity contribution in [2.24, 2.45) is 0 Å². The summed E-state index contributed by atoms with van der Waals surface area (Å²) in [6.45, 7) is 2.44. The third kappa shape index (κ3) is 3.61. The molecule has 0 atom stereocenters. The molecule has 0 unspecified atom stereocenters. The zero-order valence-corrected chi connectivity index (χ0v) is 10.4. The molecule has 0 amide bonds. The first-order valence-electron chi connectivity index (χ1n) is 4.90. The molecule has 0 aliphatic heterocycles. The second-order valence-electron chi connectivity index (χ2n) is 2.97. The summed E-state index contributed by atoms with van der Waals surface area (Å²) in [6, 6.07) is 3.32. The highest BCUT2D eigenvalue weighted by Crippen LogP contribution is 2.30. The molecule has 0 heterocycles. The summed E-state index contributed by atoms with van der Waals surface area (Å²) >= 11 is 12.0. The van der Waals surface area contributed by atoms with Gasteiger partial charge in [-0.3, -0.25) is 0 Å². The van der Waals surface area contributed by atoms with Crippen LogP contribution in [0.25, 0.3) is 0 Å². The van der Waals surface area contributed by atoms with Gasteiger partial charge in [0.05, 0.1) is 23.3 Å². The quantitative estimate of drug-likeness (QED) is 0.845. The van der Waals surface area contributed by atoms with Gasteiger partial charge in [0.1, 0.15) is 5.75 Å². The van der Waals surface area contributed by atoms with E-state index in [-0.39, 0.29) is 6.61 Å². The number of rotatable bonds is 3. The Kier molecular flexibility index (Phi) is 5.48. The van der Waals surface area contributed by atoms with Crippen LogP contribution < -0.4 is 4.74 Å². The highest BCUT2D eigenvalue weighted by atomic mass is 35.5. The lowest BCUT2D eigenvalue weighted by Gasteiger charge is -2.06. The standard InChI is InChI=1S/C12H12Cl2O2/c1-2-16-12-8-10(13)9(7-11(12)14)5-3-4-6-15/h7-8,15H,2,4,6H2,1H3. The minimum Gasteiger partial charge on any atom is -0.492 e. The smallest absolute Gasteiger partial charge is 0.139 e. The topological polar surface area (TPSA) is 29.5 Å². The van der Waals surface area contributed by atoms with Crippen molar-refractivity contribution in [3.8, 4) is 17.6 Å². The van der Waals surface area contributed by atoms with Crippen LogP contribution in [0.5, 0.6) is 5.75 Å². The minimum absolute atomic E-state index is 0.0371. The molecule has 0 saturated carbocycles. The van der Waals surface area contributed by atoms with E-state index in [1.165, 1.54) is 0 Å². The second-order valence-corrected chi connectivity index (χ2v) is 3.79. The van der Waals surface area contributed by atoms with Crippen LogP contribution in [0.3, 0.4) is 0 Å². The van der Waals surface area contributed by atoms with Crippen LogP contribution in [0.15, 0.2) is 12.1 Å². The molecule has 1 N–H and O–H groups in total. The van der Waals surface area contributed by atoms with Gasteiger partial charge in [0, 0.05) is 18.1 Å². The molecule has 0 aromatic heterocycles. The molecule has 1 aromatic rings. The molecule has 0 radical (unpaired) electrons. The molecule has 16 heavy (non-hydrogen) atoms. The Bertz CT molecular complexity index is 419. The Morgan fingerprint density at radius 3 is 2.69 bits per heavy atom. The summed E-state index contributed by atoms with van der Waals surface area (Å²) < 4.78 is 5.29. The van der Waals surface area contributed by atoms with E-state index in [9.17, 15) is 0 Å². The van der Waals surface area contributed by atoms with Gasteiger partial charge in [-0.05, 0) is 13.0 Å². The number of halogens is 2. The fourth-order valence-electron chi connectivity index (χ4n) is 1.10. The summed E-state index contributed by atoms with van der Waals surface area (Å²) in [5.74, 6) is 6.19. The van der Waals surface area contributed by atoms with Gasteiger partial charge in [0.25, 0.3) is 0 Å². The molecule has 0 saturated heterocycles. The highest BCUT2D eigenvalue weighted by Gasteiger charge is 2.06. The normalized spacial score (nSPS) is 9.50. The van der Waals surface area contributed by atoms with Crippen molar-refractivity contribution < 1.29 is 9.84 Å². The van der Waals surface area contributed by atoms with Gasteiger partial charge >= 0.3 is 0 Å². The molecule has 4 heteroatoms. The Hall–Kier alpha value is -0.880. The van der Waals surface area contributed by atoms with E-state index in [1.54, 1.807) is 12.1 Å². The zero-order valence-electron chi connectivity index (χ0n) is 8.89. The lowest BCUT2D eigenvalue weighted by Crippen LogP contribution is -1.93. The molecule has 0 aliphatic rings. The van der Waals surface area contributed by atoms with E-state index in [4.69, 9.17) is 33.0 Å². The molecule has 1 rings (SSSR count). The molecule has 0 bridgehead atoms. The first-order valence-corrected chi connectivity index (χ1v) is 5.66. The van der Waals surface area contributed by atoms with Crippen LogP contribution in [0.4, 0.5) is 0 Å². The third-order valence-corrected chi connectivity index (χ3v) is 2.39.